The van der Waals surface area contributed by atoms with Crippen molar-refractivity contribution < 1.29 is 13.2 Å². The fourth-order valence-electron chi connectivity index (χ4n) is 0.786. The Balaban J connectivity index is 2.64. The highest BCUT2D eigenvalue weighted by Gasteiger charge is 2.35. The van der Waals surface area contributed by atoms with Gasteiger partial charge in [-0.05, 0) is 13.0 Å². The highest BCUT2D eigenvalue weighted by molar-refractivity contribution is 4.87. The Morgan fingerprint density at radius 1 is 1.46 bits per heavy atom. The van der Waals surface area contributed by atoms with E-state index in [1.165, 1.54) is 0 Å². The molecule has 1 rings (SSSR count). The third-order valence-electron chi connectivity index (χ3n) is 1.38. The van der Waals surface area contributed by atoms with Crippen LogP contribution in [0.5, 0.6) is 0 Å². The van der Waals surface area contributed by atoms with Gasteiger partial charge in [-0.25, -0.2) is 4.98 Å². The first-order chi connectivity index (χ1) is 6.04. The smallest absolute Gasteiger partial charge is 0.330 e. The standard InChI is InChI=1S/C6H9F3N4/c7-6(8,9)5-11-4-13(12-5)3-1-2-10/h4H,1-3,10H2. The van der Waals surface area contributed by atoms with Crippen LogP contribution in [0.25, 0.3) is 0 Å². The Bertz CT molecular complexity index is 267. The second kappa shape index (κ2) is 3.73. The summed E-state index contributed by atoms with van der Waals surface area (Å²) in [5.41, 5.74) is 5.19. The molecule has 0 bridgehead atoms. The fraction of sp³-hybridized carbons (Fsp3) is 0.667. The van der Waals surface area contributed by atoms with Gasteiger partial charge in [0.05, 0.1) is 0 Å². The first-order valence-electron chi connectivity index (χ1n) is 3.71. The summed E-state index contributed by atoms with van der Waals surface area (Å²) in [7, 11) is 0. The summed E-state index contributed by atoms with van der Waals surface area (Å²) in [5, 5.41) is 3.24. The Hall–Kier alpha value is -1.11. The molecule has 4 nitrogen and oxygen atoms in total. The lowest BCUT2D eigenvalue weighted by Crippen LogP contribution is -2.10. The van der Waals surface area contributed by atoms with Gasteiger partial charge in [-0.2, -0.15) is 13.2 Å². The Morgan fingerprint density at radius 2 is 2.15 bits per heavy atom. The lowest BCUT2D eigenvalue weighted by Gasteiger charge is -1.99. The van der Waals surface area contributed by atoms with Crippen LogP contribution in [0.2, 0.25) is 0 Å². The molecule has 0 aliphatic carbocycles. The SMILES string of the molecule is NCCCn1cnc(C(F)(F)F)n1. The molecule has 0 aromatic carbocycles. The van der Waals surface area contributed by atoms with Gasteiger partial charge >= 0.3 is 6.18 Å². The zero-order chi connectivity index (χ0) is 9.90. The minimum atomic E-state index is -4.46. The predicted molar refractivity (Wildman–Crippen MR) is 38.7 cm³/mol. The largest absolute Gasteiger partial charge is 0.453 e. The summed E-state index contributed by atoms with van der Waals surface area (Å²) in [5.74, 6) is -1.11. The highest BCUT2D eigenvalue weighted by Crippen LogP contribution is 2.25. The third kappa shape index (κ3) is 2.69. The van der Waals surface area contributed by atoms with Crippen molar-refractivity contribution in [2.45, 2.75) is 19.1 Å². The van der Waals surface area contributed by atoms with E-state index in [-0.39, 0.29) is 0 Å². The maximum Gasteiger partial charge on any atom is 0.453 e. The van der Waals surface area contributed by atoms with E-state index in [9.17, 15) is 13.2 Å². The van der Waals surface area contributed by atoms with Crippen LogP contribution in [0.4, 0.5) is 13.2 Å². The molecule has 1 aromatic rings. The molecule has 13 heavy (non-hydrogen) atoms. The van der Waals surface area contributed by atoms with Gasteiger partial charge in [-0.3, -0.25) is 4.68 Å². The van der Waals surface area contributed by atoms with E-state index < -0.39 is 12.0 Å². The number of hydrogen-bond acceptors (Lipinski definition) is 3. The molecule has 0 atom stereocenters. The monoisotopic (exact) mass is 194 g/mol. The molecule has 1 heterocycles. The molecule has 0 amide bonds. The molecule has 0 radical (unpaired) electrons. The highest BCUT2D eigenvalue weighted by atomic mass is 19.4. The van der Waals surface area contributed by atoms with Gasteiger partial charge < -0.3 is 5.73 Å². The first-order valence-corrected chi connectivity index (χ1v) is 3.71. The van der Waals surface area contributed by atoms with Crippen molar-refractivity contribution in [1.82, 2.24) is 14.8 Å². The van der Waals surface area contributed by atoms with Crippen molar-refractivity contribution in [2.24, 2.45) is 5.73 Å². The van der Waals surface area contributed by atoms with Gasteiger partial charge in [-0.15, -0.1) is 5.10 Å². The first kappa shape index (κ1) is 9.97. The number of hydrogen-bond donors (Lipinski definition) is 1. The summed E-state index contributed by atoms with van der Waals surface area (Å²) < 4.78 is 37.0. The zero-order valence-electron chi connectivity index (χ0n) is 6.75. The van der Waals surface area contributed by atoms with Crippen LogP contribution in [0.15, 0.2) is 6.33 Å². The van der Waals surface area contributed by atoms with Gasteiger partial charge in [0.1, 0.15) is 6.33 Å². The number of nitrogens with zero attached hydrogens (tertiary/aromatic N) is 3. The van der Waals surface area contributed by atoms with Gasteiger partial charge in [0, 0.05) is 6.54 Å². The fourth-order valence-corrected chi connectivity index (χ4v) is 0.786. The van der Waals surface area contributed by atoms with E-state index >= 15 is 0 Å². The molecule has 0 spiro atoms. The Kier molecular flexibility index (Phi) is 2.86. The molecule has 0 saturated heterocycles. The molecule has 0 unspecified atom stereocenters. The van der Waals surface area contributed by atoms with E-state index in [4.69, 9.17) is 5.73 Å². The second-order valence-corrected chi connectivity index (χ2v) is 2.47. The Labute approximate surface area is 72.6 Å². The van der Waals surface area contributed by atoms with Crippen LogP contribution in [-0.2, 0) is 12.7 Å². The normalized spacial score (nSPS) is 12.0. The van der Waals surface area contributed by atoms with Gasteiger partial charge in [0.25, 0.3) is 5.82 Å². The summed E-state index contributed by atoms with van der Waals surface area (Å²) in [6, 6.07) is 0. The second-order valence-electron chi connectivity index (χ2n) is 2.47. The van der Waals surface area contributed by atoms with Crippen LogP contribution < -0.4 is 5.73 Å². The van der Waals surface area contributed by atoms with Crippen LogP contribution in [0, 0.1) is 0 Å². The van der Waals surface area contributed by atoms with Crippen LogP contribution in [0.3, 0.4) is 0 Å². The van der Waals surface area contributed by atoms with E-state index in [2.05, 4.69) is 10.1 Å². The van der Waals surface area contributed by atoms with Crippen LogP contribution in [0.1, 0.15) is 12.2 Å². The van der Waals surface area contributed by atoms with Crippen LogP contribution in [-0.4, -0.2) is 21.3 Å². The average molecular weight is 194 g/mol. The molecule has 0 fully saturated rings. The minimum Gasteiger partial charge on any atom is -0.330 e. The van der Waals surface area contributed by atoms with Gasteiger partial charge in [0.2, 0.25) is 0 Å². The molecule has 7 heteroatoms. The predicted octanol–water partition coefficient (Wildman–Crippen LogP) is 0.646. The molecule has 1 aromatic heterocycles. The van der Waals surface area contributed by atoms with Crippen LogP contribution >= 0.6 is 0 Å². The summed E-state index contributed by atoms with van der Waals surface area (Å²) in [4.78, 5) is 3.13. The quantitative estimate of drug-likeness (QED) is 0.768. The zero-order valence-corrected chi connectivity index (χ0v) is 6.75. The molecule has 2 N–H and O–H groups in total. The van der Waals surface area contributed by atoms with Crippen molar-refractivity contribution in [1.29, 1.82) is 0 Å². The van der Waals surface area contributed by atoms with Crippen molar-refractivity contribution in [3.05, 3.63) is 12.2 Å². The van der Waals surface area contributed by atoms with Gasteiger partial charge in [0.15, 0.2) is 0 Å². The molecular formula is C6H9F3N4. The third-order valence-corrected chi connectivity index (χ3v) is 1.38. The maximum absolute atomic E-state index is 12.0. The number of nitrogens with two attached hydrogens (primary N) is 1. The maximum atomic E-state index is 12.0. The van der Waals surface area contributed by atoms with Gasteiger partial charge in [-0.1, -0.05) is 0 Å². The van der Waals surface area contributed by atoms with Crippen molar-refractivity contribution in [3.8, 4) is 0 Å². The number of alkyl halides is 3. The summed E-state index contributed by atoms with van der Waals surface area (Å²) in [6.45, 7) is 0.779. The van der Waals surface area contributed by atoms with Crippen molar-refractivity contribution >= 4 is 0 Å². The van der Waals surface area contributed by atoms with E-state index in [0.29, 0.717) is 19.5 Å². The van der Waals surface area contributed by atoms with Crippen molar-refractivity contribution in [3.63, 3.8) is 0 Å². The molecule has 0 aliphatic rings. The molecule has 0 saturated carbocycles. The number of aryl methyl sites for hydroxylation is 1. The number of halogens is 3. The lowest BCUT2D eigenvalue weighted by atomic mass is 10.4. The minimum absolute atomic E-state index is 0.361. The average Bonchev–Trinajstić information content (AvgIpc) is 2.47. The lowest BCUT2D eigenvalue weighted by molar-refractivity contribution is -0.145. The van der Waals surface area contributed by atoms with E-state index in [0.717, 1.165) is 11.0 Å². The molecule has 74 valence electrons. The summed E-state index contributed by atoms with van der Waals surface area (Å²) >= 11 is 0. The summed E-state index contributed by atoms with van der Waals surface area (Å²) in [6.07, 6.45) is -2.83. The van der Waals surface area contributed by atoms with Crippen molar-refractivity contribution in [2.75, 3.05) is 6.54 Å². The molecule has 0 aliphatic heterocycles. The topological polar surface area (TPSA) is 56.7 Å². The van der Waals surface area contributed by atoms with E-state index in [1.807, 2.05) is 0 Å². The molecular weight excluding hydrogens is 185 g/mol. The number of aromatic nitrogens is 3. The number of rotatable bonds is 3. The van der Waals surface area contributed by atoms with E-state index in [1.54, 1.807) is 0 Å². The Morgan fingerprint density at radius 3 is 2.62 bits per heavy atom.